The summed E-state index contributed by atoms with van der Waals surface area (Å²) in [5.74, 6) is 0.878. The van der Waals surface area contributed by atoms with Crippen molar-refractivity contribution in [3.63, 3.8) is 0 Å². The van der Waals surface area contributed by atoms with Crippen molar-refractivity contribution in [1.29, 1.82) is 0 Å². The number of aryl methyl sites for hydroxylation is 2. The summed E-state index contributed by atoms with van der Waals surface area (Å²) in [4.78, 5) is 3.95. The van der Waals surface area contributed by atoms with Gasteiger partial charge in [0, 0.05) is 0 Å². The SMILES string of the molecule is Cc1cccc(C)c1OCCNc1ncc(S(N)(=O)=O)s1. The van der Waals surface area contributed by atoms with E-state index in [0.29, 0.717) is 18.3 Å². The second kappa shape index (κ2) is 6.42. The average molecular weight is 327 g/mol. The van der Waals surface area contributed by atoms with Crippen molar-refractivity contribution in [2.75, 3.05) is 18.5 Å². The number of sulfonamides is 1. The van der Waals surface area contributed by atoms with E-state index in [1.54, 1.807) is 0 Å². The van der Waals surface area contributed by atoms with Gasteiger partial charge in [-0.3, -0.25) is 0 Å². The Hall–Kier alpha value is -1.64. The topological polar surface area (TPSA) is 94.3 Å². The van der Waals surface area contributed by atoms with E-state index in [9.17, 15) is 8.42 Å². The zero-order valence-corrected chi connectivity index (χ0v) is 13.4. The highest BCUT2D eigenvalue weighted by molar-refractivity contribution is 7.91. The molecule has 2 rings (SSSR count). The molecule has 0 saturated heterocycles. The van der Waals surface area contributed by atoms with Gasteiger partial charge in [-0.15, -0.1) is 0 Å². The molecule has 0 amide bonds. The zero-order valence-electron chi connectivity index (χ0n) is 11.8. The van der Waals surface area contributed by atoms with Gasteiger partial charge in [0.15, 0.2) is 9.34 Å². The van der Waals surface area contributed by atoms with Crippen molar-refractivity contribution in [2.45, 2.75) is 18.1 Å². The molecule has 0 aliphatic rings. The molecular formula is C13H17N3O3S2. The lowest BCUT2D eigenvalue weighted by atomic mass is 10.1. The number of para-hydroxylation sites is 1. The molecule has 6 nitrogen and oxygen atoms in total. The monoisotopic (exact) mass is 327 g/mol. The number of nitrogens with zero attached hydrogens (tertiary/aromatic N) is 1. The number of aromatic nitrogens is 1. The molecule has 8 heteroatoms. The quantitative estimate of drug-likeness (QED) is 0.790. The third-order valence-corrected chi connectivity index (χ3v) is 5.16. The Bertz CT molecular complexity index is 706. The molecule has 0 spiro atoms. The van der Waals surface area contributed by atoms with Gasteiger partial charge in [0.05, 0.1) is 12.7 Å². The lowest BCUT2D eigenvalue weighted by molar-refractivity contribution is 0.328. The van der Waals surface area contributed by atoms with E-state index in [1.807, 2.05) is 32.0 Å². The van der Waals surface area contributed by atoms with E-state index in [1.165, 1.54) is 6.20 Å². The van der Waals surface area contributed by atoms with Crippen molar-refractivity contribution >= 4 is 26.5 Å². The Kier molecular flexibility index (Phi) is 4.81. The van der Waals surface area contributed by atoms with Gasteiger partial charge in [-0.05, 0) is 25.0 Å². The Balaban J connectivity index is 1.87. The highest BCUT2D eigenvalue weighted by atomic mass is 32.2. The summed E-state index contributed by atoms with van der Waals surface area (Å²) in [6, 6.07) is 5.98. The minimum Gasteiger partial charge on any atom is -0.491 e. The number of hydrogen-bond donors (Lipinski definition) is 2. The normalized spacial score (nSPS) is 11.4. The first-order valence-electron chi connectivity index (χ1n) is 6.29. The van der Waals surface area contributed by atoms with Gasteiger partial charge in [-0.2, -0.15) is 0 Å². The summed E-state index contributed by atoms with van der Waals surface area (Å²) in [5.41, 5.74) is 2.17. The molecule has 0 atom stereocenters. The number of ether oxygens (including phenoxy) is 1. The molecule has 0 radical (unpaired) electrons. The van der Waals surface area contributed by atoms with E-state index in [-0.39, 0.29) is 4.21 Å². The predicted octanol–water partition coefficient (Wildman–Crippen LogP) is 1.90. The van der Waals surface area contributed by atoms with E-state index in [2.05, 4.69) is 10.3 Å². The van der Waals surface area contributed by atoms with Crippen LogP contribution in [0.3, 0.4) is 0 Å². The van der Waals surface area contributed by atoms with Crippen LogP contribution >= 0.6 is 11.3 Å². The van der Waals surface area contributed by atoms with Crippen LogP contribution in [0.4, 0.5) is 5.13 Å². The van der Waals surface area contributed by atoms with Gasteiger partial charge < -0.3 is 10.1 Å². The van der Waals surface area contributed by atoms with Crippen LogP contribution in [0, 0.1) is 13.8 Å². The van der Waals surface area contributed by atoms with Gasteiger partial charge >= 0.3 is 0 Å². The fourth-order valence-corrected chi connectivity index (χ4v) is 3.29. The molecule has 0 aliphatic carbocycles. The number of nitrogens with two attached hydrogens (primary N) is 1. The highest BCUT2D eigenvalue weighted by Crippen LogP contribution is 2.23. The Labute approximate surface area is 128 Å². The first-order valence-corrected chi connectivity index (χ1v) is 8.66. The van der Waals surface area contributed by atoms with Crippen molar-refractivity contribution in [3.05, 3.63) is 35.5 Å². The maximum Gasteiger partial charge on any atom is 0.249 e. The minimum absolute atomic E-state index is 0.0423. The lowest BCUT2D eigenvalue weighted by Gasteiger charge is -2.11. The molecule has 1 aromatic carbocycles. The predicted molar refractivity (Wildman–Crippen MR) is 83.4 cm³/mol. The van der Waals surface area contributed by atoms with Crippen LogP contribution in [0.25, 0.3) is 0 Å². The van der Waals surface area contributed by atoms with Crippen LogP contribution in [0.1, 0.15) is 11.1 Å². The molecule has 0 bridgehead atoms. The van der Waals surface area contributed by atoms with Gasteiger partial charge in [0.2, 0.25) is 10.0 Å². The maximum absolute atomic E-state index is 11.1. The number of anilines is 1. The summed E-state index contributed by atoms with van der Waals surface area (Å²) in [6.07, 6.45) is 1.24. The molecule has 0 unspecified atom stereocenters. The van der Waals surface area contributed by atoms with Crippen molar-refractivity contribution in [3.8, 4) is 5.75 Å². The van der Waals surface area contributed by atoms with Gasteiger partial charge in [-0.1, -0.05) is 29.5 Å². The molecule has 2 aromatic rings. The Morgan fingerprint density at radius 3 is 2.57 bits per heavy atom. The summed E-state index contributed by atoms with van der Waals surface area (Å²) < 4.78 is 28.0. The Morgan fingerprint density at radius 1 is 1.33 bits per heavy atom. The standard InChI is InChI=1S/C13H17N3O3S2/c1-9-4-3-5-10(2)12(9)19-7-6-15-13-16-8-11(20-13)21(14,17)18/h3-5,8H,6-7H2,1-2H3,(H,15,16)(H2,14,17,18). The van der Waals surface area contributed by atoms with Crippen LogP contribution in [0.15, 0.2) is 28.6 Å². The molecular weight excluding hydrogens is 310 g/mol. The van der Waals surface area contributed by atoms with Crippen molar-refractivity contribution < 1.29 is 13.2 Å². The molecule has 0 aliphatic heterocycles. The summed E-state index contributed by atoms with van der Waals surface area (Å²) in [6.45, 7) is 4.96. The summed E-state index contributed by atoms with van der Waals surface area (Å²) in [5, 5.41) is 8.54. The molecule has 1 aromatic heterocycles. The molecule has 3 N–H and O–H groups in total. The first kappa shape index (κ1) is 15.7. The summed E-state index contributed by atoms with van der Waals surface area (Å²) >= 11 is 1.00. The summed E-state index contributed by atoms with van der Waals surface area (Å²) in [7, 11) is -3.68. The average Bonchev–Trinajstić information content (AvgIpc) is 2.86. The van der Waals surface area contributed by atoms with Crippen LogP contribution in [0.2, 0.25) is 0 Å². The molecule has 21 heavy (non-hydrogen) atoms. The van der Waals surface area contributed by atoms with Gasteiger partial charge in [-0.25, -0.2) is 18.5 Å². The second-order valence-electron chi connectivity index (χ2n) is 4.53. The lowest BCUT2D eigenvalue weighted by Crippen LogP contribution is -2.12. The number of nitrogens with one attached hydrogen (secondary N) is 1. The van der Waals surface area contributed by atoms with Gasteiger partial charge in [0.1, 0.15) is 12.4 Å². The number of hydrogen-bond acceptors (Lipinski definition) is 6. The second-order valence-corrected chi connectivity index (χ2v) is 7.34. The van der Waals surface area contributed by atoms with E-state index in [4.69, 9.17) is 9.88 Å². The van der Waals surface area contributed by atoms with Crippen LogP contribution in [-0.4, -0.2) is 26.6 Å². The fraction of sp³-hybridized carbons (Fsp3) is 0.308. The number of benzene rings is 1. The van der Waals surface area contributed by atoms with Crippen LogP contribution in [0.5, 0.6) is 5.75 Å². The number of thiazole rings is 1. The minimum atomic E-state index is -3.68. The van der Waals surface area contributed by atoms with Crippen LogP contribution in [-0.2, 0) is 10.0 Å². The zero-order chi connectivity index (χ0) is 15.5. The molecule has 0 fully saturated rings. The molecule has 114 valence electrons. The smallest absolute Gasteiger partial charge is 0.249 e. The number of primary sulfonamides is 1. The van der Waals surface area contributed by atoms with E-state index in [0.717, 1.165) is 28.2 Å². The van der Waals surface area contributed by atoms with Crippen LogP contribution < -0.4 is 15.2 Å². The van der Waals surface area contributed by atoms with E-state index < -0.39 is 10.0 Å². The molecule has 0 saturated carbocycles. The maximum atomic E-state index is 11.1. The third-order valence-electron chi connectivity index (χ3n) is 2.80. The number of rotatable bonds is 6. The Morgan fingerprint density at radius 2 is 2.00 bits per heavy atom. The van der Waals surface area contributed by atoms with Gasteiger partial charge in [0.25, 0.3) is 0 Å². The largest absolute Gasteiger partial charge is 0.491 e. The highest BCUT2D eigenvalue weighted by Gasteiger charge is 2.12. The van der Waals surface area contributed by atoms with Crippen molar-refractivity contribution in [2.24, 2.45) is 5.14 Å². The third kappa shape index (κ3) is 4.16. The molecule has 1 heterocycles. The van der Waals surface area contributed by atoms with Crippen molar-refractivity contribution in [1.82, 2.24) is 4.98 Å². The fourth-order valence-electron chi connectivity index (χ4n) is 1.81. The van der Waals surface area contributed by atoms with E-state index >= 15 is 0 Å². The first-order chi connectivity index (χ1) is 9.88.